The number of furan rings is 1. The first-order valence-electron chi connectivity index (χ1n) is 10.6. The summed E-state index contributed by atoms with van der Waals surface area (Å²) in [6, 6.07) is 14.1. The van der Waals surface area contributed by atoms with E-state index in [0.717, 1.165) is 0 Å². The smallest absolute Gasteiger partial charge is 0.273 e. The quantitative estimate of drug-likeness (QED) is 0.364. The van der Waals surface area contributed by atoms with E-state index >= 15 is 0 Å². The van der Waals surface area contributed by atoms with Crippen LogP contribution >= 0.6 is 11.6 Å². The van der Waals surface area contributed by atoms with Crippen molar-refractivity contribution in [3.8, 4) is 0 Å². The maximum atomic E-state index is 13.3. The van der Waals surface area contributed by atoms with Crippen LogP contribution in [0.25, 0.3) is 0 Å². The molecule has 1 aliphatic heterocycles. The molecule has 1 aliphatic rings. The minimum absolute atomic E-state index is 0.0259. The third-order valence-electron chi connectivity index (χ3n) is 5.62. The van der Waals surface area contributed by atoms with Crippen molar-refractivity contribution in [2.24, 2.45) is 0 Å². The Balaban J connectivity index is 1.54. The maximum Gasteiger partial charge on any atom is 0.273 e. The fourth-order valence-electron chi connectivity index (χ4n) is 3.74. The number of nitro benzene ring substituents is 1. The Hall–Kier alpha value is -4.18. The van der Waals surface area contributed by atoms with Crippen LogP contribution in [0.1, 0.15) is 21.7 Å². The average Bonchev–Trinajstić information content (AvgIpc) is 3.48. The van der Waals surface area contributed by atoms with Crippen LogP contribution in [0.2, 0.25) is 5.02 Å². The summed E-state index contributed by atoms with van der Waals surface area (Å²) in [6.45, 7) is 1.09. The number of carbonyl (C=O) groups excluding carboxylic acids is 3. The molecule has 3 amide bonds. The summed E-state index contributed by atoms with van der Waals surface area (Å²) in [4.78, 5) is 53.8. The molecule has 0 bridgehead atoms. The summed E-state index contributed by atoms with van der Waals surface area (Å²) in [5, 5.41) is 11.9. The number of rotatable bonds is 7. The molecule has 2 heterocycles. The average molecular weight is 497 g/mol. The standard InChI is InChI=1S/C24H21ClN4O6/c1-16-4-5-17(11-21(16)29(33)34)24(32)26(12-20-3-2-10-35-20)13-22(30)27-14-23(31)28(15-27)19-8-6-18(25)7-9-19/h2-11H,12-15H2,1H3. The van der Waals surface area contributed by atoms with Crippen molar-refractivity contribution in [3.05, 3.63) is 92.9 Å². The Labute approximate surface area is 205 Å². The van der Waals surface area contributed by atoms with Gasteiger partial charge in [-0.25, -0.2) is 0 Å². The number of nitrogens with zero attached hydrogens (tertiary/aromatic N) is 4. The largest absolute Gasteiger partial charge is 0.467 e. The molecule has 0 spiro atoms. The van der Waals surface area contributed by atoms with E-state index in [1.807, 2.05) is 0 Å². The lowest BCUT2D eigenvalue weighted by atomic mass is 10.1. The number of halogens is 1. The molecule has 0 aliphatic carbocycles. The summed E-state index contributed by atoms with van der Waals surface area (Å²) >= 11 is 5.91. The minimum atomic E-state index is -0.571. The van der Waals surface area contributed by atoms with E-state index in [-0.39, 0.29) is 43.5 Å². The lowest BCUT2D eigenvalue weighted by Crippen LogP contribution is -2.42. The third kappa shape index (κ3) is 5.33. The van der Waals surface area contributed by atoms with Gasteiger partial charge in [-0.05, 0) is 49.4 Å². The van der Waals surface area contributed by atoms with E-state index < -0.39 is 16.7 Å². The van der Waals surface area contributed by atoms with Gasteiger partial charge >= 0.3 is 0 Å². The predicted molar refractivity (Wildman–Crippen MR) is 127 cm³/mol. The van der Waals surface area contributed by atoms with Crippen LogP contribution in [0.5, 0.6) is 0 Å². The number of benzene rings is 2. The van der Waals surface area contributed by atoms with Crippen molar-refractivity contribution in [3.63, 3.8) is 0 Å². The van der Waals surface area contributed by atoms with Gasteiger partial charge in [0, 0.05) is 27.9 Å². The van der Waals surface area contributed by atoms with Gasteiger partial charge in [0.15, 0.2) is 0 Å². The molecule has 0 atom stereocenters. The highest BCUT2D eigenvalue weighted by Crippen LogP contribution is 2.23. The SMILES string of the molecule is Cc1ccc(C(=O)N(CC(=O)N2CC(=O)N(c3ccc(Cl)cc3)C2)Cc2ccco2)cc1[N+](=O)[O-]. The van der Waals surface area contributed by atoms with E-state index in [1.54, 1.807) is 43.3 Å². The first-order valence-corrected chi connectivity index (χ1v) is 11.0. The van der Waals surface area contributed by atoms with Crippen LogP contribution in [0.15, 0.2) is 65.3 Å². The van der Waals surface area contributed by atoms with Gasteiger partial charge in [0.2, 0.25) is 11.8 Å². The monoisotopic (exact) mass is 496 g/mol. The Bertz CT molecular complexity index is 1280. The molecule has 1 fully saturated rings. The second-order valence-corrected chi connectivity index (χ2v) is 8.47. The lowest BCUT2D eigenvalue weighted by molar-refractivity contribution is -0.385. The molecule has 180 valence electrons. The molecular weight excluding hydrogens is 476 g/mol. The summed E-state index contributed by atoms with van der Waals surface area (Å²) in [7, 11) is 0. The Morgan fingerprint density at radius 3 is 2.57 bits per heavy atom. The molecular formula is C24H21ClN4O6. The van der Waals surface area contributed by atoms with Crippen LogP contribution in [0.3, 0.4) is 0 Å². The highest BCUT2D eigenvalue weighted by atomic mass is 35.5. The fraction of sp³-hybridized carbons (Fsp3) is 0.208. The first kappa shape index (κ1) is 24.0. The van der Waals surface area contributed by atoms with Crippen molar-refractivity contribution in [1.29, 1.82) is 0 Å². The van der Waals surface area contributed by atoms with Gasteiger partial charge in [-0.1, -0.05) is 17.7 Å². The van der Waals surface area contributed by atoms with Crippen LogP contribution in [-0.2, 0) is 16.1 Å². The van der Waals surface area contributed by atoms with Gasteiger partial charge in [-0.3, -0.25) is 29.4 Å². The van der Waals surface area contributed by atoms with Gasteiger partial charge in [-0.15, -0.1) is 0 Å². The minimum Gasteiger partial charge on any atom is -0.467 e. The number of anilines is 1. The molecule has 0 saturated carbocycles. The highest BCUT2D eigenvalue weighted by molar-refractivity contribution is 6.30. The van der Waals surface area contributed by atoms with E-state index in [4.69, 9.17) is 16.0 Å². The van der Waals surface area contributed by atoms with E-state index in [1.165, 1.54) is 39.2 Å². The van der Waals surface area contributed by atoms with Crippen LogP contribution in [0, 0.1) is 17.0 Å². The molecule has 4 rings (SSSR count). The fourth-order valence-corrected chi connectivity index (χ4v) is 3.86. The van der Waals surface area contributed by atoms with Crippen molar-refractivity contribution >= 4 is 40.7 Å². The van der Waals surface area contributed by atoms with Crippen molar-refractivity contribution in [2.45, 2.75) is 13.5 Å². The van der Waals surface area contributed by atoms with Gasteiger partial charge in [-0.2, -0.15) is 0 Å². The van der Waals surface area contributed by atoms with Crippen molar-refractivity contribution in [1.82, 2.24) is 9.80 Å². The number of nitro groups is 1. The Kier molecular flexibility index (Phi) is 6.83. The molecule has 1 aromatic heterocycles. The molecule has 0 N–H and O–H groups in total. The van der Waals surface area contributed by atoms with Gasteiger partial charge < -0.3 is 14.2 Å². The zero-order valence-corrected chi connectivity index (χ0v) is 19.5. The van der Waals surface area contributed by atoms with Gasteiger partial charge in [0.1, 0.15) is 25.5 Å². The zero-order valence-electron chi connectivity index (χ0n) is 18.7. The molecule has 1 saturated heterocycles. The zero-order chi connectivity index (χ0) is 25.1. The van der Waals surface area contributed by atoms with Crippen LogP contribution < -0.4 is 4.90 Å². The van der Waals surface area contributed by atoms with Crippen LogP contribution in [-0.4, -0.2) is 52.2 Å². The number of aryl methyl sites for hydroxylation is 1. The topological polar surface area (TPSA) is 117 Å². The molecule has 10 nitrogen and oxygen atoms in total. The number of hydrogen-bond acceptors (Lipinski definition) is 6. The normalized spacial score (nSPS) is 13.3. The first-order chi connectivity index (χ1) is 16.7. The maximum absolute atomic E-state index is 13.3. The van der Waals surface area contributed by atoms with Crippen molar-refractivity contribution < 1.29 is 23.7 Å². The number of hydrogen-bond donors (Lipinski definition) is 0. The van der Waals surface area contributed by atoms with Gasteiger partial charge in [0.05, 0.1) is 17.7 Å². The summed E-state index contributed by atoms with van der Waals surface area (Å²) in [6.07, 6.45) is 1.44. The molecule has 2 aromatic carbocycles. The van der Waals surface area contributed by atoms with Crippen LogP contribution in [0.4, 0.5) is 11.4 Å². The second-order valence-electron chi connectivity index (χ2n) is 8.03. The van der Waals surface area contributed by atoms with Crippen molar-refractivity contribution in [2.75, 3.05) is 24.7 Å². The molecule has 11 heteroatoms. The molecule has 35 heavy (non-hydrogen) atoms. The third-order valence-corrected chi connectivity index (χ3v) is 5.88. The number of carbonyl (C=O) groups is 3. The van der Waals surface area contributed by atoms with Gasteiger partial charge in [0.25, 0.3) is 11.6 Å². The summed E-state index contributed by atoms with van der Waals surface area (Å²) in [5.74, 6) is -0.846. The Morgan fingerprint density at radius 2 is 1.91 bits per heavy atom. The lowest BCUT2D eigenvalue weighted by Gasteiger charge is -2.24. The van der Waals surface area contributed by atoms with E-state index in [2.05, 4.69) is 0 Å². The molecule has 3 aromatic rings. The molecule has 0 radical (unpaired) electrons. The Morgan fingerprint density at radius 1 is 1.17 bits per heavy atom. The predicted octanol–water partition coefficient (Wildman–Crippen LogP) is 3.62. The molecule has 0 unspecified atom stereocenters. The van der Waals surface area contributed by atoms with E-state index in [9.17, 15) is 24.5 Å². The highest BCUT2D eigenvalue weighted by Gasteiger charge is 2.33. The number of amides is 3. The second kappa shape index (κ2) is 9.98. The summed E-state index contributed by atoms with van der Waals surface area (Å²) < 4.78 is 5.34. The van der Waals surface area contributed by atoms with E-state index in [0.29, 0.717) is 22.0 Å². The summed E-state index contributed by atoms with van der Waals surface area (Å²) in [5.41, 5.74) is 0.897.